The predicted octanol–water partition coefficient (Wildman–Crippen LogP) is -1.80. The zero-order chi connectivity index (χ0) is 14.7. The van der Waals surface area contributed by atoms with Crippen LogP contribution in [0.15, 0.2) is 0 Å². The third-order valence-electron chi connectivity index (χ3n) is 1.62. The molecule has 0 fully saturated rings. The molecule has 5 N–H and O–H groups in total. The summed E-state index contributed by atoms with van der Waals surface area (Å²) in [5, 5.41) is 19.7. The first-order valence-electron chi connectivity index (χ1n) is 4.96. The second kappa shape index (κ2) is 12.0. The molecule has 106 valence electrons. The SMILES string of the molecule is CC(=O)NC(C[SeH])C(=O)O.NC(CCS)C(O)=[Se]. The van der Waals surface area contributed by atoms with Crippen LogP contribution in [0.1, 0.15) is 13.3 Å². The molecule has 9 heteroatoms. The molecule has 0 heterocycles. The van der Waals surface area contributed by atoms with E-state index < -0.39 is 12.0 Å². The van der Waals surface area contributed by atoms with Crippen molar-refractivity contribution in [3.63, 3.8) is 0 Å². The number of carbonyl (C=O) groups excluding carboxylic acids is 1. The number of thiol groups is 1. The first-order valence-corrected chi connectivity index (χ1v) is 7.77. The number of amides is 1. The molecule has 0 spiro atoms. The minimum atomic E-state index is -1.00. The summed E-state index contributed by atoms with van der Waals surface area (Å²) in [6.07, 6.45) is 0.710. The van der Waals surface area contributed by atoms with Crippen LogP contribution >= 0.6 is 12.6 Å². The minimum absolute atomic E-state index is 0.166. The first kappa shape index (κ1) is 20.3. The zero-order valence-corrected chi connectivity index (χ0v) is 14.4. The van der Waals surface area contributed by atoms with Crippen LogP contribution in [0.3, 0.4) is 0 Å². The molecule has 0 aromatic rings. The number of carbonyl (C=O) groups is 2. The van der Waals surface area contributed by atoms with Crippen LogP contribution in [0.2, 0.25) is 5.32 Å². The van der Waals surface area contributed by atoms with Crippen molar-refractivity contribution in [1.82, 2.24) is 5.32 Å². The molecular weight excluding hydrogens is 390 g/mol. The second-order valence-electron chi connectivity index (χ2n) is 3.23. The molecule has 0 aromatic carbocycles. The van der Waals surface area contributed by atoms with Gasteiger partial charge in [0.25, 0.3) is 0 Å². The number of aliphatic carboxylic acids is 1. The zero-order valence-electron chi connectivity index (χ0n) is 9.87. The van der Waals surface area contributed by atoms with Crippen molar-refractivity contribution in [2.24, 2.45) is 5.73 Å². The summed E-state index contributed by atoms with van der Waals surface area (Å²) in [6.45, 7) is 1.29. The number of hydrogen-bond donors (Lipinski definition) is 5. The monoisotopic (exact) mass is 410 g/mol. The molecule has 0 saturated carbocycles. The number of nitrogens with one attached hydrogen (secondary N) is 1. The molecular formula is C9H18N2O4SSe2. The Morgan fingerprint density at radius 3 is 2.11 bits per heavy atom. The average molecular weight is 408 g/mol. The normalized spacial score (nSPS) is 12.7. The van der Waals surface area contributed by atoms with Gasteiger partial charge in [-0.3, -0.25) is 0 Å². The Labute approximate surface area is 128 Å². The number of carboxylic acid groups (broad SMARTS) is 1. The molecule has 0 radical (unpaired) electrons. The van der Waals surface area contributed by atoms with E-state index in [2.05, 4.69) is 49.5 Å². The molecule has 2 atom stereocenters. The van der Waals surface area contributed by atoms with E-state index in [-0.39, 0.29) is 16.6 Å². The van der Waals surface area contributed by atoms with Crippen molar-refractivity contribution in [3.8, 4) is 0 Å². The summed E-state index contributed by atoms with van der Waals surface area (Å²) in [6, 6.07) is -1.01. The molecule has 0 aromatic heterocycles. The topological polar surface area (TPSA) is 113 Å². The molecule has 1 amide bonds. The molecule has 0 bridgehead atoms. The Balaban J connectivity index is 0. The summed E-state index contributed by atoms with van der Waals surface area (Å²) in [7, 11) is 0. The maximum atomic E-state index is 10.3. The number of aliphatic hydroxyl groups excluding tert-OH is 1. The van der Waals surface area contributed by atoms with Gasteiger partial charge in [0, 0.05) is 0 Å². The number of aliphatic hydroxyl groups is 1. The third kappa shape index (κ3) is 12.4. The van der Waals surface area contributed by atoms with Crippen LogP contribution < -0.4 is 11.1 Å². The van der Waals surface area contributed by atoms with Crippen LogP contribution in [0.25, 0.3) is 0 Å². The summed E-state index contributed by atoms with van der Waals surface area (Å²) in [4.78, 5) is 20.6. The van der Waals surface area contributed by atoms with Gasteiger partial charge < -0.3 is 0 Å². The maximum absolute atomic E-state index is 10.3. The summed E-state index contributed by atoms with van der Waals surface area (Å²) >= 11 is 8.49. The Bertz CT molecular complexity index is 292. The van der Waals surface area contributed by atoms with E-state index in [4.69, 9.17) is 15.9 Å². The Morgan fingerprint density at radius 2 is 2.00 bits per heavy atom. The molecule has 0 aliphatic rings. The summed E-state index contributed by atoms with van der Waals surface area (Å²) in [5.41, 5.74) is 5.36. The third-order valence-corrected chi connectivity index (χ3v) is 3.27. The first-order chi connectivity index (χ1) is 8.26. The fourth-order valence-electron chi connectivity index (χ4n) is 0.693. The van der Waals surface area contributed by atoms with E-state index in [0.29, 0.717) is 17.5 Å². The van der Waals surface area contributed by atoms with Gasteiger partial charge in [-0.25, -0.2) is 0 Å². The number of carboxylic acids is 1. The molecule has 0 rings (SSSR count). The van der Waals surface area contributed by atoms with Crippen LogP contribution in [0, 0.1) is 0 Å². The van der Waals surface area contributed by atoms with Crippen molar-refractivity contribution in [3.05, 3.63) is 0 Å². The fourth-order valence-corrected chi connectivity index (χ4v) is 1.74. The van der Waals surface area contributed by atoms with Crippen molar-refractivity contribution in [2.45, 2.75) is 30.7 Å². The Hall–Kier alpha value is -0.0410. The Kier molecular flexibility index (Phi) is 13.5. The van der Waals surface area contributed by atoms with E-state index in [1.807, 2.05) is 0 Å². The molecule has 6 nitrogen and oxygen atoms in total. The van der Waals surface area contributed by atoms with E-state index in [9.17, 15) is 9.59 Å². The summed E-state index contributed by atoms with van der Waals surface area (Å²) < 4.78 is 0.166. The second-order valence-corrected chi connectivity index (χ2v) is 5.32. The van der Waals surface area contributed by atoms with Gasteiger partial charge in [0.15, 0.2) is 0 Å². The van der Waals surface area contributed by atoms with Crippen molar-refractivity contribution in [1.29, 1.82) is 0 Å². The number of nitrogens with two attached hydrogens (primary N) is 1. The van der Waals surface area contributed by atoms with E-state index >= 15 is 0 Å². The van der Waals surface area contributed by atoms with Crippen molar-refractivity contribution < 1.29 is 19.8 Å². The van der Waals surface area contributed by atoms with Crippen molar-refractivity contribution in [2.75, 3.05) is 5.75 Å². The molecule has 0 saturated heterocycles. The van der Waals surface area contributed by atoms with Gasteiger partial charge in [-0.15, -0.1) is 0 Å². The summed E-state index contributed by atoms with van der Waals surface area (Å²) in [5.74, 6) is -0.623. The van der Waals surface area contributed by atoms with E-state index in [1.165, 1.54) is 6.92 Å². The number of rotatable bonds is 6. The Morgan fingerprint density at radius 1 is 1.50 bits per heavy atom. The van der Waals surface area contributed by atoms with Crippen LogP contribution in [-0.2, 0) is 9.59 Å². The number of hydrogen-bond acceptors (Lipinski definition) is 5. The van der Waals surface area contributed by atoms with Gasteiger partial charge >= 0.3 is 128 Å². The average Bonchev–Trinajstić information content (AvgIpc) is 2.26. The predicted molar refractivity (Wildman–Crippen MR) is 76.3 cm³/mol. The van der Waals surface area contributed by atoms with Gasteiger partial charge in [-0.2, -0.15) is 0 Å². The quantitative estimate of drug-likeness (QED) is 0.263. The van der Waals surface area contributed by atoms with Gasteiger partial charge in [-0.05, 0) is 0 Å². The fraction of sp³-hybridized carbons (Fsp3) is 0.667. The molecule has 0 aliphatic carbocycles. The van der Waals surface area contributed by atoms with Gasteiger partial charge in [0.1, 0.15) is 0 Å². The molecule has 2 unspecified atom stereocenters. The van der Waals surface area contributed by atoms with Crippen LogP contribution in [-0.4, -0.2) is 76.1 Å². The van der Waals surface area contributed by atoms with Crippen LogP contribution in [0.5, 0.6) is 0 Å². The van der Waals surface area contributed by atoms with Crippen LogP contribution in [0.4, 0.5) is 0 Å². The van der Waals surface area contributed by atoms with E-state index in [1.54, 1.807) is 0 Å². The standard InChI is InChI=1S/C5H9NO3Se.C4H9NOSSe/c1-3(7)6-4(2-10)5(8)9;5-3(1-2-7)4(6)8/h4,10H,2H2,1H3,(H,6,7)(H,8,9);3,7H,1-2,5H2,(H,6,8). The van der Waals surface area contributed by atoms with E-state index in [0.717, 1.165) is 0 Å². The molecule has 18 heavy (non-hydrogen) atoms. The van der Waals surface area contributed by atoms with Gasteiger partial charge in [0.2, 0.25) is 0 Å². The van der Waals surface area contributed by atoms with Gasteiger partial charge in [0.05, 0.1) is 0 Å². The van der Waals surface area contributed by atoms with Gasteiger partial charge in [-0.1, -0.05) is 0 Å². The van der Waals surface area contributed by atoms with Crippen molar-refractivity contribution >= 4 is 60.7 Å². The molecule has 0 aliphatic heterocycles.